The lowest BCUT2D eigenvalue weighted by Gasteiger charge is -2.12. The normalized spacial score (nSPS) is 11.0. The highest BCUT2D eigenvalue weighted by Gasteiger charge is 2.33. The number of aromatic nitrogens is 3. The first-order valence-electron chi connectivity index (χ1n) is 7.49. The lowest BCUT2D eigenvalue weighted by molar-refractivity contribution is -0.138. The summed E-state index contributed by atoms with van der Waals surface area (Å²) in [5.41, 5.74) is -0.801. The van der Waals surface area contributed by atoms with Crippen molar-refractivity contribution in [2.24, 2.45) is 0 Å². The molecule has 0 fully saturated rings. The van der Waals surface area contributed by atoms with E-state index in [1.807, 2.05) is 0 Å². The van der Waals surface area contributed by atoms with E-state index in [9.17, 15) is 18.0 Å². The van der Waals surface area contributed by atoms with Gasteiger partial charge in [-0.25, -0.2) is 9.97 Å². The number of halogens is 3. The van der Waals surface area contributed by atoms with Crippen LogP contribution in [0.5, 0.6) is 0 Å². The number of carbonyl (C=O) groups is 1. The number of rotatable bonds is 4. The smallest absolute Gasteiger partial charge is 0.296 e. The topological polar surface area (TPSA) is 91.6 Å². The van der Waals surface area contributed by atoms with Crippen molar-refractivity contribution >= 4 is 22.4 Å². The Morgan fingerprint density at radius 1 is 1.22 bits per heavy atom. The minimum atomic E-state index is -4.57. The third-order valence-electron chi connectivity index (χ3n) is 3.48. The molecule has 3 aromatic rings. The van der Waals surface area contributed by atoms with E-state index in [1.54, 1.807) is 6.07 Å². The minimum absolute atomic E-state index is 0.0250. The van der Waals surface area contributed by atoms with Crippen molar-refractivity contribution in [2.45, 2.75) is 12.6 Å². The number of anilines is 1. The van der Waals surface area contributed by atoms with E-state index in [0.29, 0.717) is 4.88 Å². The lowest BCUT2D eigenvalue weighted by atomic mass is 10.0. The minimum Gasteiger partial charge on any atom is -0.296 e. The standard InChI is InChI=1S/C17H10F3N5OS/c18-17(19,20)13-5-10(7-21)1-2-11(13)6-12-8-24-16(27-12)25-15(26)14-9-22-3-4-23-14/h1-5,8-9H,6H2,(H,24,25,26). The molecule has 0 unspecified atom stereocenters. The van der Waals surface area contributed by atoms with Gasteiger partial charge in [-0.1, -0.05) is 6.07 Å². The van der Waals surface area contributed by atoms with Gasteiger partial charge in [-0.15, -0.1) is 11.3 Å². The number of carbonyl (C=O) groups excluding carboxylic acids is 1. The summed E-state index contributed by atoms with van der Waals surface area (Å²) >= 11 is 1.06. The van der Waals surface area contributed by atoms with Crippen molar-refractivity contribution in [1.82, 2.24) is 15.0 Å². The molecule has 0 saturated heterocycles. The largest absolute Gasteiger partial charge is 0.416 e. The van der Waals surface area contributed by atoms with Gasteiger partial charge < -0.3 is 0 Å². The summed E-state index contributed by atoms with van der Waals surface area (Å²) in [5, 5.41) is 11.6. The second-order valence-corrected chi connectivity index (χ2v) is 6.45. The molecule has 2 heterocycles. The van der Waals surface area contributed by atoms with Crippen molar-refractivity contribution in [1.29, 1.82) is 5.26 Å². The zero-order chi connectivity index (χ0) is 19.4. The molecule has 0 radical (unpaired) electrons. The molecule has 0 bridgehead atoms. The van der Waals surface area contributed by atoms with Gasteiger partial charge in [-0.05, 0) is 17.7 Å². The summed E-state index contributed by atoms with van der Waals surface area (Å²) in [7, 11) is 0. The SMILES string of the molecule is N#Cc1ccc(Cc2cnc(NC(=O)c3cnccn3)s2)c(C(F)(F)F)c1. The van der Waals surface area contributed by atoms with Crippen molar-refractivity contribution < 1.29 is 18.0 Å². The number of hydrogen-bond acceptors (Lipinski definition) is 6. The maximum absolute atomic E-state index is 13.2. The number of thiazole rings is 1. The fraction of sp³-hybridized carbons (Fsp3) is 0.118. The fourth-order valence-corrected chi connectivity index (χ4v) is 3.11. The third-order valence-corrected chi connectivity index (χ3v) is 4.39. The molecule has 1 N–H and O–H groups in total. The molecule has 0 atom stereocenters. The Kier molecular flexibility index (Phi) is 5.14. The van der Waals surface area contributed by atoms with Crippen LogP contribution in [0.15, 0.2) is 43.0 Å². The van der Waals surface area contributed by atoms with E-state index in [1.165, 1.54) is 36.9 Å². The summed E-state index contributed by atoms with van der Waals surface area (Å²) < 4.78 is 39.7. The van der Waals surface area contributed by atoms with Crippen LogP contribution in [0.3, 0.4) is 0 Å². The Labute approximate surface area is 155 Å². The van der Waals surface area contributed by atoms with Crippen LogP contribution in [0.2, 0.25) is 0 Å². The van der Waals surface area contributed by atoms with Crippen LogP contribution in [-0.4, -0.2) is 20.9 Å². The lowest BCUT2D eigenvalue weighted by Crippen LogP contribution is -2.13. The number of nitrogens with zero attached hydrogens (tertiary/aromatic N) is 4. The second-order valence-electron chi connectivity index (χ2n) is 5.33. The molecule has 1 amide bonds. The van der Waals surface area contributed by atoms with E-state index in [2.05, 4.69) is 20.3 Å². The molecule has 27 heavy (non-hydrogen) atoms. The van der Waals surface area contributed by atoms with Crippen LogP contribution in [0, 0.1) is 11.3 Å². The molecule has 0 aliphatic carbocycles. The van der Waals surface area contributed by atoms with E-state index in [0.717, 1.165) is 17.4 Å². The van der Waals surface area contributed by atoms with Gasteiger partial charge in [0.1, 0.15) is 5.69 Å². The molecule has 0 spiro atoms. The molecule has 0 aliphatic heterocycles. The molecule has 1 aromatic carbocycles. The third kappa shape index (κ3) is 4.45. The maximum Gasteiger partial charge on any atom is 0.416 e. The van der Waals surface area contributed by atoms with Gasteiger partial charge in [0.05, 0.1) is 23.4 Å². The summed E-state index contributed by atoms with van der Waals surface area (Å²) in [6.07, 6.45) is 0.876. The molecular formula is C17H10F3N5OS. The monoisotopic (exact) mass is 389 g/mol. The Bertz CT molecular complexity index is 1010. The Balaban J connectivity index is 1.78. The maximum atomic E-state index is 13.2. The quantitative estimate of drug-likeness (QED) is 0.735. The van der Waals surface area contributed by atoms with Crippen molar-refractivity contribution in [3.05, 3.63) is 70.2 Å². The summed E-state index contributed by atoms with van der Waals surface area (Å²) in [5.74, 6) is -0.515. The highest BCUT2D eigenvalue weighted by Crippen LogP contribution is 2.34. The van der Waals surface area contributed by atoms with E-state index in [-0.39, 0.29) is 28.4 Å². The van der Waals surface area contributed by atoms with Gasteiger partial charge in [0.2, 0.25) is 0 Å². The van der Waals surface area contributed by atoms with Gasteiger partial charge in [-0.3, -0.25) is 15.1 Å². The Morgan fingerprint density at radius 2 is 2.04 bits per heavy atom. The van der Waals surface area contributed by atoms with Crippen LogP contribution < -0.4 is 5.32 Å². The first-order chi connectivity index (χ1) is 12.9. The van der Waals surface area contributed by atoms with E-state index >= 15 is 0 Å². The van der Waals surface area contributed by atoms with Crippen LogP contribution in [0.1, 0.15) is 32.1 Å². The van der Waals surface area contributed by atoms with Gasteiger partial charge in [0.15, 0.2) is 5.13 Å². The van der Waals surface area contributed by atoms with E-state index in [4.69, 9.17) is 5.26 Å². The molecule has 6 nitrogen and oxygen atoms in total. The number of benzene rings is 1. The zero-order valence-electron chi connectivity index (χ0n) is 13.5. The molecular weight excluding hydrogens is 379 g/mol. The van der Waals surface area contributed by atoms with Crippen LogP contribution in [0.4, 0.5) is 18.3 Å². The predicted octanol–water partition coefficient (Wildman–Crippen LogP) is 3.67. The Hall–Kier alpha value is -3.32. The number of nitriles is 1. The number of hydrogen-bond donors (Lipinski definition) is 1. The predicted molar refractivity (Wildman–Crippen MR) is 91.1 cm³/mol. The first-order valence-corrected chi connectivity index (χ1v) is 8.31. The van der Waals surface area contributed by atoms with Crippen molar-refractivity contribution in [3.8, 4) is 6.07 Å². The van der Waals surface area contributed by atoms with Crippen LogP contribution >= 0.6 is 11.3 Å². The summed E-state index contributed by atoms with van der Waals surface area (Å²) in [4.78, 5) is 24.2. The Morgan fingerprint density at radius 3 is 2.70 bits per heavy atom. The first kappa shape index (κ1) is 18.5. The van der Waals surface area contributed by atoms with Gasteiger partial charge >= 0.3 is 6.18 Å². The molecule has 136 valence electrons. The highest BCUT2D eigenvalue weighted by atomic mass is 32.1. The number of nitrogens with one attached hydrogen (secondary N) is 1. The zero-order valence-corrected chi connectivity index (χ0v) is 14.3. The summed E-state index contributed by atoms with van der Waals surface area (Å²) in [6.45, 7) is 0. The van der Waals surface area contributed by atoms with Gasteiger partial charge in [0.25, 0.3) is 5.91 Å². The molecule has 0 aliphatic rings. The average molecular weight is 389 g/mol. The van der Waals surface area contributed by atoms with E-state index < -0.39 is 17.6 Å². The highest BCUT2D eigenvalue weighted by molar-refractivity contribution is 7.15. The van der Waals surface area contributed by atoms with Gasteiger partial charge in [0, 0.05) is 29.9 Å². The average Bonchev–Trinajstić information content (AvgIpc) is 3.08. The number of alkyl halides is 3. The van der Waals surface area contributed by atoms with Crippen molar-refractivity contribution in [2.75, 3.05) is 5.32 Å². The number of amides is 1. The summed E-state index contributed by atoms with van der Waals surface area (Å²) in [6, 6.07) is 5.14. The molecule has 3 rings (SSSR count). The second kappa shape index (κ2) is 7.51. The van der Waals surface area contributed by atoms with Gasteiger partial charge in [-0.2, -0.15) is 18.4 Å². The van der Waals surface area contributed by atoms with Crippen LogP contribution in [0.25, 0.3) is 0 Å². The van der Waals surface area contributed by atoms with Crippen molar-refractivity contribution in [3.63, 3.8) is 0 Å². The molecule has 10 heteroatoms. The molecule has 2 aromatic heterocycles. The molecule has 0 saturated carbocycles. The van der Waals surface area contributed by atoms with Crippen LogP contribution in [-0.2, 0) is 12.6 Å². The fourth-order valence-electron chi connectivity index (χ4n) is 2.28.